The van der Waals surface area contributed by atoms with Crippen LogP contribution in [0, 0.1) is 0 Å². The van der Waals surface area contributed by atoms with Gasteiger partial charge in [-0.2, -0.15) is 5.10 Å². The fraction of sp³-hybridized carbons (Fsp3) is 0.156. The summed E-state index contributed by atoms with van der Waals surface area (Å²) >= 11 is 3.40. The molecule has 1 amide bonds. The summed E-state index contributed by atoms with van der Waals surface area (Å²) in [6.45, 7) is 2.06. The van der Waals surface area contributed by atoms with Crippen molar-refractivity contribution in [1.29, 1.82) is 0 Å². The van der Waals surface area contributed by atoms with E-state index in [1.54, 1.807) is 61.5 Å². The van der Waals surface area contributed by atoms with Crippen molar-refractivity contribution in [3.8, 4) is 28.7 Å². The van der Waals surface area contributed by atoms with Crippen LogP contribution in [-0.4, -0.2) is 38.4 Å². The summed E-state index contributed by atoms with van der Waals surface area (Å²) in [5.74, 6) is 1.26. The Kier molecular flexibility index (Phi) is 10.5. The molecule has 0 radical (unpaired) electrons. The maximum absolute atomic E-state index is 12.8. The van der Waals surface area contributed by atoms with E-state index < -0.39 is 18.0 Å². The van der Waals surface area contributed by atoms with E-state index in [-0.39, 0.29) is 11.3 Å². The number of amides is 1. The molecule has 10 heteroatoms. The van der Waals surface area contributed by atoms with Crippen LogP contribution < -0.4 is 29.1 Å². The number of halogens is 1. The summed E-state index contributed by atoms with van der Waals surface area (Å²) in [6, 6.07) is 26.6. The zero-order chi connectivity index (χ0) is 29.9. The van der Waals surface area contributed by atoms with Crippen LogP contribution in [0.3, 0.4) is 0 Å². The molecule has 0 aliphatic heterocycles. The summed E-state index contributed by atoms with van der Waals surface area (Å²) < 4.78 is 28.3. The second-order valence-corrected chi connectivity index (χ2v) is 9.80. The van der Waals surface area contributed by atoms with Crippen LogP contribution in [0.4, 0.5) is 0 Å². The predicted octanol–water partition coefficient (Wildman–Crippen LogP) is 6.18. The van der Waals surface area contributed by atoms with E-state index in [2.05, 4.69) is 26.5 Å². The zero-order valence-electron chi connectivity index (χ0n) is 23.2. The van der Waals surface area contributed by atoms with Gasteiger partial charge in [-0.15, -0.1) is 0 Å². The van der Waals surface area contributed by atoms with E-state index in [1.807, 2.05) is 30.3 Å². The molecule has 4 aromatic rings. The molecule has 216 valence electrons. The third-order valence-electron chi connectivity index (χ3n) is 5.93. The molecule has 9 nitrogen and oxygen atoms in total. The molecule has 0 saturated heterocycles. The van der Waals surface area contributed by atoms with Crippen molar-refractivity contribution in [3.05, 3.63) is 112 Å². The molecule has 1 unspecified atom stereocenters. The fourth-order valence-electron chi connectivity index (χ4n) is 3.70. The Balaban J connectivity index is 1.33. The summed E-state index contributed by atoms with van der Waals surface area (Å²) in [6.07, 6.45) is 0.550. The first-order valence-corrected chi connectivity index (χ1v) is 13.7. The number of hydrogen-bond donors (Lipinski definition) is 1. The molecule has 4 rings (SSSR count). The molecule has 0 bridgehead atoms. The molecular formula is C32H29BrN2O7. The van der Waals surface area contributed by atoms with Gasteiger partial charge in [0, 0.05) is 10.0 Å². The van der Waals surface area contributed by atoms with Crippen LogP contribution in [0.15, 0.2) is 101 Å². The number of hydrogen-bond acceptors (Lipinski definition) is 8. The molecule has 0 fully saturated rings. The number of carbonyl (C=O) groups excluding carboxylic acids is 2. The molecule has 42 heavy (non-hydrogen) atoms. The van der Waals surface area contributed by atoms with Crippen molar-refractivity contribution in [2.24, 2.45) is 5.10 Å². The Morgan fingerprint density at radius 1 is 0.857 bits per heavy atom. The Morgan fingerprint density at radius 2 is 1.55 bits per heavy atom. The average molecular weight is 633 g/mol. The third-order valence-corrected chi connectivity index (χ3v) is 6.42. The van der Waals surface area contributed by atoms with Crippen LogP contribution in [0.5, 0.6) is 28.7 Å². The minimum Gasteiger partial charge on any atom is -0.493 e. The standard InChI is InChI=1S/C32H29BrN2O7/c1-21(41-27-13-11-26(12-14-27)40-20-22-7-5-4-6-8-22)31(36)35-34-19-24-17-25(33)10-16-28(24)42-32(37)23-9-15-29(38-2)30(18-23)39-3/h4-19,21H,20H2,1-3H3,(H,35,36)/b34-19+. The Labute approximate surface area is 252 Å². The molecule has 0 aliphatic carbocycles. The lowest BCUT2D eigenvalue weighted by molar-refractivity contribution is -0.127. The summed E-state index contributed by atoms with van der Waals surface area (Å²) in [5.41, 5.74) is 4.25. The molecule has 0 aromatic heterocycles. The average Bonchev–Trinajstić information content (AvgIpc) is 3.01. The minimum absolute atomic E-state index is 0.245. The van der Waals surface area contributed by atoms with E-state index >= 15 is 0 Å². The molecule has 1 atom stereocenters. The second-order valence-electron chi connectivity index (χ2n) is 8.88. The molecule has 0 heterocycles. The van der Waals surface area contributed by atoms with Crippen molar-refractivity contribution >= 4 is 34.0 Å². The smallest absolute Gasteiger partial charge is 0.343 e. The van der Waals surface area contributed by atoms with Crippen molar-refractivity contribution in [1.82, 2.24) is 5.43 Å². The van der Waals surface area contributed by atoms with Gasteiger partial charge in [0.25, 0.3) is 5.91 Å². The van der Waals surface area contributed by atoms with Crippen molar-refractivity contribution in [2.75, 3.05) is 14.2 Å². The number of hydrazone groups is 1. The topological polar surface area (TPSA) is 105 Å². The third kappa shape index (κ3) is 8.34. The van der Waals surface area contributed by atoms with Crippen LogP contribution in [-0.2, 0) is 11.4 Å². The van der Waals surface area contributed by atoms with Crippen LogP contribution >= 0.6 is 15.9 Å². The highest BCUT2D eigenvalue weighted by Gasteiger charge is 2.16. The predicted molar refractivity (Wildman–Crippen MR) is 162 cm³/mol. The van der Waals surface area contributed by atoms with Gasteiger partial charge in [-0.25, -0.2) is 10.2 Å². The van der Waals surface area contributed by atoms with Gasteiger partial charge in [-0.1, -0.05) is 46.3 Å². The minimum atomic E-state index is -0.830. The SMILES string of the molecule is COc1ccc(C(=O)Oc2ccc(Br)cc2/C=N/NC(=O)C(C)Oc2ccc(OCc3ccccc3)cc2)cc1OC. The van der Waals surface area contributed by atoms with E-state index in [9.17, 15) is 9.59 Å². The number of nitrogens with zero attached hydrogens (tertiary/aromatic N) is 1. The summed E-state index contributed by atoms with van der Waals surface area (Å²) in [7, 11) is 2.99. The van der Waals surface area contributed by atoms with Gasteiger partial charge in [0.2, 0.25) is 0 Å². The number of methoxy groups -OCH3 is 2. The van der Waals surface area contributed by atoms with Gasteiger partial charge in [0.05, 0.1) is 26.0 Å². The maximum atomic E-state index is 12.8. The first-order chi connectivity index (χ1) is 20.4. The molecule has 0 spiro atoms. The van der Waals surface area contributed by atoms with E-state index in [4.69, 9.17) is 23.7 Å². The number of rotatable bonds is 12. The lowest BCUT2D eigenvalue weighted by Gasteiger charge is -2.14. The first-order valence-electron chi connectivity index (χ1n) is 12.9. The molecular weight excluding hydrogens is 604 g/mol. The van der Waals surface area contributed by atoms with Crippen molar-refractivity contribution < 1.29 is 33.3 Å². The maximum Gasteiger partial charge on any atom is 0.343 e. The Bertz CT molecular complexity index is 1540. The van der Waals surface area contributed by atoms with Gasteiger partial charge >= 0.3 is 5.97 Å². The quantitative estimate of drug-likeness (QED) is 0.0860. The number of nitrogens with one attached hydrogen (secondary N) is 1. The summed E-state index contributed by atoms with van der Waals surface area (Å²) in [5, 5.41) is 4.03. The van der Waals surface area contributed by atoms with Gasteiger partial charge in [-0.3, -0.25) is 4.79 Å². The number of carbonyl (C=O) groups is 2. The molecule has 0 saturated carbocycles. The lowest BCUT2D eigenvalue weighted by atomic mass is 10.2. The molecule has 4 aromatic carbocycles. The highest BCUT2D eigenvalue weighted by Crippen LogP contribution is 2.29. The zero-order valence-corrected chi connectivity index (χ0v) is 24.8. The van der Waals surface area contributed by atoms with E-state index in [1.165, 1.54) is 26.5 Å². The number of ether oxygens (including phenoxy) is 5. The monoisotopic (exact) mass is 632 g/mol. The largest absolute Gasteiger partial charge is 0.493 e. The van der Waals surface area contributed by atoms with Crippen molar-refractivity contribution in [2.45, 2.75) is 19.6 Å². The van der Waals surface area contributed by atoms with Gasteiger partial charge in [-0.05, 0) is 73.2 Å². The van der Waals surface area contributed by atoms with Crippen LogP contribution in [0.1, 0.15) is 28.4 Å². The van der Waals surface area contributed by atoms with Crippen LogP contribution in [0.25, 0.3) is 0 Å². The normalized spacial score (nSPS) is 11.4. The van der Waals surface area contributed by atoms with E-state index in [0.29, 0.717) is 35.2 Å². The molecule has 1 N–H and O–H groups in total. The Morgan fingerprint density at radius 3 is 2.26 bits per heavy atom. The van der Waals surface area contributed by atoms with Gasteiger partial charge in [0.15, 0.2) is 17.6 Å². The van der Waals surface area contributed by atoms with Crippen molar-refractivity contribution in [3.63, 3.8) is 0 Å². The van der Waals surface area contributed by atoms with Gasteiger partial charge in [0.1, 0.15) is 23.9 Å². The highest BCUT2D eigenvalue weighted by molar-refractivity contribution is 9.10. The number of benzene rings is 4. The first kappa shape index (κ1) is 30.1. The molecule has 0 aliphatic rings. The second kappa shape index (κ2) is 14.7. The number of esters is 1. The lowest BCUT2D eigenvalue weighted by Crippen LogP contribution is -2.33. The summed E-state index contributed by atoms with van der Waals surface area (Å²) in [4.78, 5) is 25.4. The Hall–Kier alpha value is -4.83. The highest BCUT2D eigenvalue weighted by atomic mass is 79.9. The van der Waals surface area contributed by atoms with Gasteiger partial charge < -0.3 is 23.7 Å². The van der Waals surface area contributed by atoms with Crippen LogP contribution in [0.2, 0.25) is 0 Å². The fourth-order valence-corrected chi connectivity index (χ4v) is 4.08. The van der Waals surface area contributed by atoms with E-state index in [0.717, 1.165) is 10.0 Å².